The first-order chi connectivity index (χ1) is 16.1. The largest absolute Gasteiger partial charge is 0.383 e. The molecule has 3 heterocycles. The summed E-state index contributed by atoms with van der Waals surface area (Å²) >= 11 is 0. The Hall–Kier alpha value is -3.54. The van der Waals surface area contributed by atoms with Crippen molar-refractivity contribution in [2.75, 3.05) is 10.6 Å². The van der Waals surface area contributed by atoms with Crippen LogP contribution in [0.1, 0.15) is 46.1 Å². The van der Waals surface area contributed by atoms with Crippen LogP contribution in [0.15, 0.2) is 41.9 Å². The van der Waals surface area contributed by atoms with Crippen molar-refractivity contribution in [2.45, 2.75) is 57.9 Å². The molecule has 0 radical (unpaired) electrons. The molecular weight excluding hydrogens is 454 g/mol. The third-order valence-electron chi connectivity index (χ3n) is 4.96. The first-order valence-corrected chi connectivity index (χ1v) is 12.6. The Balaban J connectivity index is 1.59. The molecule has 4 N–H and O–H groups in total. The number of aromatic nitrogens is 5. The Kier molecular flexibility index (Phi) is 6.51. The fourth-order valence-electron chi connectivity index (χ4n) is 3.28. The maximum absolute atomic E-state index is 12.4. The first kappa shape index (κ1) is 23.6. The monoisotopic (exact) mass is 483 g/mol. The van der Waals surface area contributed by atoms with Crippen LogP contribution in [0, 0.1) is 0 Å². The normalized spacial score (nSPS) is 14.6. The van der Waals surface area contributed by atoms with Crippen LogP contribution in [0.3, 0.4) is 0 Å². The fourth-order valence-corrected chi connectivity index (χ4v) is 4.76. The number of hydrogen-bond acceptors (Lipinski definition) is 9. The highest BCUT2D eigenvalue weighted by Gasteiger charge is 2.37. The lowest BCUT2D eigenvalue weighted by Gasteiger charge is -2.16. The van der Waals surface area contributed by atoms with Gasteiger partial charge in [-0.2, -0.15) is 9.19 Å². The predicted molar refractivity (Wildman–Crippen MR) is 133 cm³/mol. The second-order valence-corrected chi connectivity index (χ2v) is 10.8. The van der Waals surface area contributed by atoms with Crippen molar-refractivity contribution >= 4 is 33.2 Å². The van der Waals surface area contributed by atoms with Gasteiger partial charge in [0.25, 0.3) is 10.0 Å². The summed E-state index contributed by atoms with van der Waals surface area (Å²) in [5, 5.41) is 10.2. The van der Waals surface area contributed by atoms with Crippen LogP contribution < -0.4 is 16.4 Å². The number of aliphatic imine (C=N–C) groups is 1. The van der Waals surface area contributed by atoms with E-state index in [0.29, 0.717) is 41.7 Å². The van der Waals surface area contributed by atoms with Gasteiger partial charge < -0.3 is 16.4 Å². The zero-order chi connectivity index (χ0) is 24.5. The van der Waals surface area contributed by atoms with Gasteiger partial charge in [-0.05, 0) is 46.6 Å². The highest BCUT2D eigenvalue weighted by Crippen LogP contribution is 2.30. The number of nitrogens with two attached hydrogens (primary N) is 1. The molecule has 3 aromatic rings. The maximum Gasteiger partial charge on any atom is 0.256 e. The average molecular weight is 484 g/mol. The molecule has 0 aliphatic heterocycles. The van der Waals surface area contributed by atoms with Gasteiger partial charge in [-0.15, -0.1) is 0 Å². The summed E-state index contributed by atoms with van der Waals surface area (Å²) in [6.45, 7) is 7.99. The summed E-state index contributed by atoms with van der Waals surface area (Å²) in [5.41, 5.74) is 8.23. The van der Waals surface area contributed by atoms with Crippen LogP contribution in [-0.2, 0) is 10.0 Å². The average Bonchev–Trinajstić information content (AvgIpc) is 3.50. The molecule has 1 saturated carbocycles. The minimum Gasteiger partial charge on any atom is -0.383 e. The van der Waals surface area contributed by atoms with Crippen LogP contribution in [0.2, 0.25) is 0 Å². The van der Waals surface area contributed by atoms with E-state index in [1.165, 1.54) is 12.4 Å². The molecule has 12 heteroatoms. The van der Waals surface area contributed by atoms with E-state index in [2.05, 4.69) is 35.7 Å². The van der Waals surface area contributed by atoms with Crippen molar-refractivity contribution in [3.63, 3.8) is 0 Å². The molecule has 11 nitrogen and oxygen atoms in total. The van der Waals surface area contributed by atoms with Gasteiger partial charge >= 0.3 is 0 Å². The molecule has 4 rings (SSSR count). The lowest BCUT2D eigenvalue weighted by molar-refractivity contribution is 0.578. The fraction of sp³-hybridized carbons (Fsp3) is 0.409. The van der Waals surface area contributed by atoms with Gasteiger partial charge in [0.2, 0.25) is 0 Å². The van der Waals surface area contributed by atoms with Gasteiger partial charge in [-0.1, -0.05) is 0 Å². The van der Waals surface area contributed by atoms with Crippen LogP contribution in [0.4, 0.5) is 17.3 Å². The summed E-state index contributed by atoms with van der Waals surface area (Å²) in [6.07, 6.45) is 7.49. The number of hydrogen-bond donors (Lipinski definition) is 3. The maximum atomic E-state index is 12.4. The lowest BCUT2D eigenvalue weighted by atomic mass is 10.2. The third kappa shape index (κ3) is 5.33. The summed E-state index contributed by atoms with van der Waals surface area (Å²) in [4.78, 5) is 17.7. The van der Waals surface area contributed by atoms with Crippen LogP contribution in [-0.4, -0.2) is 55.7 Å². The van der Waals surface area contributed by atoms with E-state index in [0.717, 1.165) is 15.3 Å². The Morgan fingerprint density at radius 1 is 1.18 bits per heavy atom. The van der Waals surface area contributed by atoms with E-state index in [1.54, 1.807) is 18.5 Å². The van der Waals surface area contributed by atoms with Crippen molar-refractivity contribution < 1.29 is 8.42 Å². The molecule has 34 heavy (non-hydrogen) atoms. The summed E-state index contributed by atoms with van der Waals surface area (Å²) in [5.74, 6) is 1.83. The molecule has 0 amide bonds. The van der Waals surface area contributed by atoms with Gasteiger partial charge in [0.15, 0.2) is 5.82 Å². The molecular formula is C22H29N9O2S. The number of nitrogens with one attached hydrogen (secondary N) is 2. The number of anilines is 3. The number of rotatable bonds is 9. The van der Waals surface area contributed by atoms with Crippen LogP contribution in [0.5, 0.6) is 0 Å². The molecule has 0 bridgehead atoms. The highest BCUT2D eigenvalue weighted by molar-refractivity contribution is 7.90. The topological polar surface area (TPSA) is 153 Å². The molecule has 0 spiro atoms. The number of amidine groups is 1. The predicted octanol–water partition coefficient (Wildman–Crippen LogP) is 2.75. The van der Waals surface area contributed by atoms with Gasteiger partial charge in [0.1, 0.15) is 17.5 Å². The molecule has 1 aliphatic rings. The Morgan fingerprint density at radius 2 is 1.94 bits per heavy atom. The van der Waals surface area contributed by atoms with E-state index < -0.39 is 10.0 Å². The SMILES string of the molecule is CC(C)N=C(N)c1cnc(Nc2ccnc(-c3cnn(S(=O)(=O)C4CC4)c3)n2)cc1NC(C)C. The van der Waals surface area contributed by atoms with Gasteiger partial charge in [-0.25, -0.2) is 23.4 Å². The van der Waals surface area contributed by atoms with Crippen LogP contribution >= 0.6 is 0 Å². The number of nitrogens with zero attached hydrogens (tertiary/aromatic N) is 6. The van der Waals surface area contributed by atoms with Gasteiger partial charge in [0, 0.05) is 30.5 Å². The molecule has 1 fully saturated rings. The second kappa shape index (κ2) is 9.37. The van der Waals surface area contributed by atoms with Crippen molar-refractivity contribution in [3.05, 3.63) is 42.5 Å². The highest BCUT2D eigenvalue weighted by atomic mass is 32.2. The molecule has 0 aromatic carbocycles. The molecule has 0 unspecified atom stereocenters. The Bertz CT molecular complexity index is 1310. The van der Waals surface area contributed by atoms with E-state index in [-0.39, 0.29) is 17.3 Å². The van der Waals surface area contributed by atoms with Crippen LogP contribution in [0.25, 0.3) is 11.4 Å². The first-order valence-electron chi connectivity index (χ1n) is 11.1. The molecule has 0 atom stereocenters. The Morgan fingerprint density at radius 3 is 2.62 bits per heavy atom. The molecule has 180 valence electrons. The van der Waals surface area contributed by atoms with Gasteiger partial charge in [0.05, 0.1) is 34.5 Å². The molecule has 3 aromatic heterocycles. The smallest absolute Gasteiger partial charge is 0.256 e. The van der Waals surface area contributed by atoms with Crippen molar-refractivity contribution in [2.24, 2.45) is 10.7 Å². The number of pyridine rings is 1. The quantitative estimate of drug-likeness (QED) is 0.308. The summed E-state index contributed by atoms with van der Waals surface area (Å²) < 4.78 is 25.8. The van der Waals surface area contributed by atoms with E-state index in [9.17, 15) is 8.42 Å². The lowest BCUT2D eigenvalue weighted by Crippen LogP contribution is -2.20. The van der Waals surface area contributed by atoms with Crippen molar-refractivity contribution in [1.82, 2.24) is 24.1 Å². The standard InChI is InChI=1S/C22H29N9O2S/c1-13(2)27-18-9-20(25-11-17(18)21(23)28-14(3)4)29-19-7-8-24-22(30-19)15-10-26-31(12-15)34(32,33)16-5-6-16/h7-14,16H,5-6H2,1-4H3,(H2,23,28)(H2,24,25,27,29,30). The molecule has 0 saturated heterocycles. The Labute approximate surface area is 199 Å². The third-order valence-corrected chi connectivity index (χ3v) is 6.99. The van der Waals surface area contributed by atoms with Gasteiger partial charge in [-0.3, -0.25) is 4.99 Å². The van der Waals surface area contributed by atoms with E-state index >= 15 is 0 Å². The second-order valence-electron chi connectivity index (χ2n) is 8.76. The zero-order valence-electron chi connectivity index (χ0n) is 19.6. The minimum absolute atomic E-state index is 0.0627. The van der Waals surface area contributed by atoms with E-state index in [4.69, 9.17) is 5.73 Å². The zero-order valence-corrected chi connectivity index (χ0v) is 20.4. The van der Waals surface area contributed by atoms with E-state index in [1.807, 2.05) is 33.8 Å². The summed E-state index contributed by atoms with van der Waals surface area (Å²) in [6, 6.07) is 3.79. The van der Waals surface area contributed by atoms with Crippen molar-refractivity contribution in [3.8, 4) is 11.4 Å². The minimum atomic E-state index is -3.45. The molecule has 1 aliphatic carbocycles. The van der Waals surface area contributed by atoms with Crippen molar-refractivity contribution in [1.29, 1.82) is 0 Å². The summed E-state index contributed by atoms with van der Waals surface area (Å²) in [7, 11) is -3.45.